The number of H-pyrrole nitrogens is 1. The Kier molecular flexibility index (Phi) is 4.97. The molecule has 0 fully saturated rings. The molecule has 0 saturated heterocycles. The Morgan fingerprint density at radius 1 is 0.967 bits per heavy atom. The summed E-state index contributed by atoms with van der Waals surface area (Å²) in [5, 5.41) is 0.458. The molecule has 0 bridgehead atoms. The highest BCUT2D eigenvalue weighted by Gasteiger charge is 2.25. The van der Waals surface area contributed by atoms with Gasteiger partial charge in [-0.05, 0) is 43.0 Å². The summed E-state index contributed by atoms with van der Waals surface area (Å²) >= 11 is 0. The molecule has 0 amide bonds. The molecule has 3 heterocycles. The van der Waals surface area contributed by atoms with E-state index in [0.29, 0.717) is 28.2 Å². The second-order valence-corrected chi connectivity index (χ2v) is 7.97. The number of benzene rings is 1. The van der Waals surface area contributed by atoms with Gasteiger partial charge in [0.05, 0.1) is 36.7 Å². The van der Waals surface area contributed by atoms with Crippen LogP contribution in [0.3, 0.4) is 0 Å². The van der Waals surface area contributed by atoms with Crippen molar-refractivity contribution in [3.63, 3.8) is 0 Å². The number of aromatic nitrogens is 4. The first-order valence-corrected chi connectivity index (χ1v) is 9.94. The topological polar surface area (TPSA) is 81.5 Å². The van der Waals surface area contributed by atoms with E-state index >= 15 is 0 Å². The number of hydrogen-bond donors (Lipinski definition) is 1. The van der Waals surface area contributed by atoms with Crippen LogP contribution in [0.2, 0.25) is 0 Å². The fraction of sp³-hybridized carbons (Fsp3) is 0.348. The Morgan fingerprint density at radius 3 is 2.33 bits per heavy atom. The third-order valence-electron chi connectivity index (χ3n) is 5.59. The van der Waals surface area contributed by atoms with Gasteiger partial charge in [-0.15, -0.1) is 0 Å². The highest BCUT2D eigenvalue weighted by atomic mass is 16.5. The maximum absolute atomic E-state index is 12.9. The van der Waals surface area contributed by atoms with Gasteiger partial charge in [0, 0.05) is 18.5 Å². The summed E-state index contributed by atoms with van der Waals surface area (Å²) in [6.07, 6.45) is 4.09. The van der Waals surface area contributed by atoms with Crippen LogP contribution in [0, 0.1) is 19.8 Å². The van der Waals surface area contributed by atoms with Gasteiger partial charge >= 0.3 is 0 Å². The first kappa shape index (κ1) is 19.9. The van der Waals surface area contributed by atoms with Crippen LogP contribution in [-0.4, -0.2) is 33.6 Å². The Morgan fingerprint density at radius 2 is 1.67 bits per heavy atom. The summed E-state index contributed by atoms with van der Waals surface area (Å²) in [5.41, 5.74) is 4.50. The number of nitrogens with one attached hydrogen (secondary N) is 1. The minimum absolute atomic E-state index is 0.157. The largest absolute Gasteiger partial charge is 0.493 e. The number of hydrogen-bond acceptors (Lipinski definition) is 5. The lowest BCUT2D eigenvalue weighted by atomic mass is 9.92. The lowest BCUT2D eigenvalue weighted by Gasteiger charge is -2.18. The molecule has 1 aromatic carbocycles. The van der Waals surface area contributed by atoms with E-state index in [9.17, 15) is 4.79 Å². The van der Waals surface area contributed by atoms with Gasteiger partial charge in [0.25, 0.3) is 5.56 Å². The van der Waals surface area contributed by atoms with E-state index in [0.717, 1.165) is 11.3 Å². The minimum Gasteiger partial charge on any atom is -0.493 e. The molecular weight excluding hydrogens is 380 g/mol. The summed E-state index contributed by atoms with van der Waals surface area (Å²) in [6, 6.07) is 5.47. The number of methoxy groups -OCH3 is 2. The Hall–Kier alpha value is -3.35. The van der Waals surface area contributed by atoms with Crippen LogP contribution in [0.4, 0.5) is 0 Å². The zero-order chi connectivity index (χ0) is 21.6. The van der Waals surface area contributed by atoms with Crippen LogP contribution in [0.5, 0.6) is 11.5 Å². The van der Waals surface area contributed by atoms with Gasteiger partial charge in [0.2, 0.25) is 0 Å². The molecule has 30 heavy (non-hydrogen) atoms. The molecule has 0 spiro atoms. The Labute approximate surface area is 174 Å². The highest BCUT2D eigenvalue weighted by molar-refractivity contribution is 5.81. The molecule has 0 aliphatic rings. The van der Waals surface area contributed by atoms with Crippen LogP contribution in [-0.2, 0) is 0 Å². The third kappa shape index (κ3) is 3.30. The van der Waals surface area contributed by atoms with Crippen LogP contribution in [0.25, 0.3) is 16.6 Å². The molecule has 0 aliphatic heterocycles. The zero-order valence-corrected chi connectivity index (χ0v) is 18.1. The number of rotatable bonds is 5. The lowest BCUT2D eigenvalue weighted by molar-refractivity contribution is 0.355. The second kappa shape index (κ2) is 7.48. The monoisotopic (exact) mass is 406 g/mol. The van der Waals surface area contributed by atoms with Crippen molar-refractivity contribution < 1.29 is 9.47 Å². The van der Waals surface area contributed by atoms with E-state index < -0.39 is 0 Å². The van der Waals surface area contributed by atoms with Crippen molar-refractivity contribution >= 4 is 16.6 Å². The van der Waals surface area contributed by atoms with Crippen molar-refractivity contribution in [2.45, 2.75) is 33.6 Å². The molecule has 1 N–H and O–H groups in total. The quantitative estimate of drug-likeness (QED) is 0.542. The van der Waals surface area contributed by atoms with E-state index in [4.69, 9.17) is 19.4 Å². The SMILES string of the molecule is COc1cc2nc(C(c3cn4cc(C)c(C)cc4n3)C(C)C)[nH]c(=O)c2cc1OC. The van der Waals surface area contributed by atoms with Crippen molar-refractivity contribution in [3.8, 4) is 11.5 Å². The normalized spacial score (nSPS) is 12.6. The van der Waals surface area contributed by atoms with Gasteiger partial charge in [-0.1, -0.05) is 13.8 Å². The number of aromatic amines is 1. The molecule has 4 rings (SSSR count). The average Bonchev–Trinajstić information content (AvgIpc) is 3.09. The Bertz CT molecular complexity index is 1260. The van der Waals surface area contributed by atoms with E-state index in [2.05, 4.69) is 44.9 Å². The fourth-order valence-electron chi connectivity index (χ4n) is 3.83. The predicted molar refractivity (Wildman–Crippen MR) is 117 cm³/mol. The molecule has 156 valence electrons. The van der Waals surface area contributed by atoms with Crippen molar-refractivity contribution in [2.75, 3.05) is 14.2 Å². The summed E-state index contributed by atoms with van der Waals surface area (Å²) in [6.45, 7) is 8.36. The first-order valence-electron chi connectivity index (χ1n) is 9.94. The van der Waals surface area contributed by atoms with E-state index in [1.165, 1.54) is 11.1 Å². The third-order valence-corrected chi connectivity index (χ3v) is 5.59. The summed E-state index contributed by atoms with van der Waals surface area (Å²) in [4.78, 5) is 25.5. The maximum Gasteiger partial charge on any atom is 0.258 e. The minimum atomic E-state index is -0.211. The molecule has 4 aromatic rings. The summed E-state index contributed by atoms with van der Waals surface area (Å²) < 4.78 is 12.7. The van der Waals surface area contributed by atoms with Crippen molar-refractivity contribution in [1.82, 2.24) is 19.4 Å². The van der Waals surface area contributed by atoms with Crippen molar-refractivity contribution in [1.29, 1.82) is 0 Å². The van der Waals surface area contributed by atoms with E-state index in [1.54, 1.807) is 26.4 Å². The van der Waals surface area contributed by atoms with Crippen LogP contribution in [0.1, 0.15) is 42.4 Å². The lowest BCUT2D eigenvalue weighted by Crippen LogP contribution is -2.19. The van der Waals surface area contributed by atoms with E-state index in [-0.39, 0.29) is 17.4 Å². The number of fused-ring (bicyclic) bond motifs is 2. The number of nitrogens with zero attached hydrogens (tertiary/aromatic N) is 3. The molecule has 0 aliphatic carbocycles. The molecule has 7 nitrogen and oxygen atoms in total. The van der Waals surface area contributed by atoms with E-state index in [1.807, 2.05) is 10.6 Å². The van der Waals surface area contributed by atoms with Gasteiger partial charge in [-0.2, -0.15) is 0 Å². The maximum atomic E-state index is 12.9. The fourth-order valence-corrected chi connectivity index (χ4v) is 3.83. The van der Waals surface area contributed by atoms with Gasteiger partial charge in [-0.25, -0.2) is 9.97 Å². The second-order valence-electron chi connectivity index (χ2n) is 7.97. The van der Waals surface area contributed by atoms with Gasteiger partial charge in [0.15, 0.2) is 11.5 Å². The molecule has 0 radical (unpaired) electrons. The number of ether oxygens (including phenoxy) is 2. The average molecular weight is 406 g/mol. The van der Waals surface area contributed by atoms with Gasteiger partial charge in [-0.3, -0.25) is 4.79 Å². The first-order chi connectivity index (χ1) is 14.3. The predicted octanol–water partition coefficient (Wildman–Crippen LogP) is 3.99. The molecule has 1 unspecified atom stereocenters. The summed E-state index contributed by atoms with van der Waals surface area (Å²) in [7, 11) is 3.11. The highest BCUT2D eigenvalue weighted by Crippen LogP contribution is 2.33. The van der Waals surface area contributed by atoms with Crippen LogP contribution < -0.4 is 15.0 Å². The number of imidazole rings is 1. The Balaban J connectivity index is 1.90. The standard InChI is InChI=1S/C23H26N4O3/c1-12(2)21(17-11-27-10-14(4)13(3)7-20(27)24-17)22-25-16-9-19(30-6)18(29-5)8-15(16)23(28)26-22/h7-12,21H,1-6H3,(H,25,26,28). The van der Waals surface area contributed by atoms with Crippen molar-refractivity contribution in [2.24, 2.45) is 5.92 Å². The van der Waals surface area contributed by atoms with Crippen LogP contribution in [0.15, 0.2) is 35.4 Å². The number of pyridine rings is 1. The molecule has 0 saturated carbocycles. The molecule has 3 aromatic heterocycles. The molecular formula is C23H26N4O3. The molecule has 7 heteroatoms. The van der Waals surface area contributed by atoms with Gasteiger partial charge < -0.3 is 18.9 Å². The zero-order valence-electron chi connectivity index (χ0n) is 18.1. The van der Waals surface area contributed by atoms with Gasteiger partial charge in [0.1, 0.15) is 11.5 Å². The van der Waals surface area contributed by atoms with Crippen molar-refractivity contribution in [3.05, 3.63) is 63.6 Å². The summed E-state index contributed by atoms with van der Waals surface area (Å²) in [5.74, 6) is 1.64. The smallest absolute Gasteiger partial charge is 0.258 e. The number of aryl methyl sites for hydroxylation is 2. The molecule has 1 atom stereocenters. The van der Waals surface area contributed by atoms with Crippen LogP contribution >= 0.6 is 0 Å².